The maximum atomic E-state index is 12.6. The van der Waals surface area contributed by atoms with Gasteiger partial charge in [0.15, 0.2) is 5.03 Å². The van der Waals surface area contributed by atoms with E-state index in [1.807, 2.05) is 31.2 Å². The van der Waals surface area contributed by atoms with Crippen molar-refractivity contribution in [3.63, 3.8) is 0 Å². The third kappa shape index (κ3) is 3.95. The number of benzene rings is 2. The summed E-state index contributed by atoms with van der Waals surface area (Å²) in [5.74, 6) is 0.512. The van der Waals surface area contributed by atoms with Crippen LogP contribution in [0.1, 0.15) is 11.1 Å². The van der Waals surface area contributed by atoms with Crippen LogP contribution in [0.4, 0.5) is 5.69 Å². The van der Waals surface area contributed by atoms with Crippen LogP contribution in [-0.4, -0.2) is 14.5 Å². The maximum Gasteiger partial charge on any atom is 0.287 e. The van der Waals surface area contributed by atoms with E-state index in [0.29, 0.717) is 10.8 Å². The number of hydrogen-bond acceptors (Lipinski definition) is 5. The standard InChI is InChI=1S/C18H15N3O3S/c1-13-3-2-4-16(11-13)20-10-9-19-17(18(20)22)25-12-14-5-7-15(8-6-14)21(23)24/h2-11H,12H2,1H3. The van der Waals surface area contributed by atoms with E-state index in [9.17, 15) is 14.9 Å². The highest BCUT2D eigenvalue weighted by atomic mass is 32.2. The number of nitrogens with zero attached hydrogens (tertiary/aromatic N) is 3. The van der Waals surface area contributed by atoms with Crippen LogP contribution in [0.2, 0.25) is 0 Å². The first kappa shape index (κ1) is 16.9. The molecule has 0 aliphatic rings. The first-order valence-corrected chi connectivity index (χ1v) is 8.54. The summed E-state index contributed by atoms with van der Waals surface area (Å²) in [7, 11) is 0. The molecule has 1 aromatic heterocycles. The third-order valence-corrected chi connectivity index (χ3v) is 4.64. The van der Waals surface area contributed by atoms with Crippen LogP contribution >= 0.6 is 11.8 Å². The zero-order valence-corrected chi connectivity index (χ0v) is 14.3. The SMILES string of the molecule is Cc1cccc(-n2ccnc(SCc3ccc([N+](=O)[O-])cc3)c2=O)c1. The molecule has 0 aliphatic heterocycles. The average molecular weight is 353 g/mol. The molecule has 6 nitrogen and oxygen atoms in total. The van der Waals surface area contributed by atoms with Crippen LogP contribution in [0.15, 0.2) is 70.7 Å². The van der Waals surface area contributed by atoms with Crippen molar-refractivity contribution in [1.29, 1.82) is 0 Å². The number of aryl methyl sites for hydroxylation is 1. The summed E-state index contributed by atoms with van der Waals surface area (Å²) in [5.41, 5.74) is 2.63. The molecule has 0 amide bonds. The van der Waals surface area contributed by atoms with E-state index in [2.05, 4.69) is 4.98 Å². The second-order valence-corrected chi connectivity index (χ2v) is 6.42. The molecule has 1 heterocycles. The van der Waals surface area contributed by atoms with Crippen molar-refractivity contribution in [1.82, 2.24) is 9.55 Å². The second kappa shape index (κ2) is 7.31. The molecule has 126 valence electrons. The van der Waals surface area contributed by atoms with Gasteiger partial charge in [-0.05, 0) is 30.2 Å². The summed E-state index contributed by atoms with van der Waals surface area (Å²) < 4.78 is 1.57. The van der Waals surface area contributed by atoms with Gasteiger partial charge in [0.1, 0.15) is 0 Å². The van der Waals surface area contributed by atoms with Crippen LogP contribution in [-0.2, 0) is 5.75 Å². The average Bonchev–Trinajstić information content (AvgIpc) is 2.61. The van der Waals surface area contributed by atoms with Gasteiger partial charge in [-0.25, -0.2) is 4.98 Å². The lowest BCUT2D eigenvalue weighted by molar-refractivity contribution is -0.384. The number of rotatable bonds is 5. The lowest BCUT2D eigenvalue weighted by atomic mass is 10.2. The molecule has 0 spiro atoms. The Labute approximate surface area is 148 Å². The van der Waals surface area contributed by atoms with Gasteiger partial charge in [0.2, 0.25) is 0 Å². The summed E-state index contributed by atoms with van der Waals surface area (Å²) in [4.78, 5) is 27.0. The van der Waals surface area contributed by atoms with Crippen molar-refractivity contribution >= 4 is 17.4 Å². The molecule has 25 heavy (non-hydrogen) atoms. The summed E-state index contributed by atoms with van der Waals surface area (Å²) in [6, 6.07) is 14.0. The Kier molecular flexibility index (Phi) is 4.95. The molecule has 0 bridgehead atoms. The van der Waals surface area contributed by atoms with E-state index >= 15 is 0 Å². The zero-order chi connectivity index (χ0) is 17.8. The molecule has 0 atom stereocenters. The van der Waals surface area contributed by atoms with Crippen LogP contribution in [0, 0.1) is 17.0 Å². The molecule has 0 unspecified atom stereocenters. The van der Waals surface area contributed by atoms with Gasteiger partial charge in [-0.1, -0.05) is 36.0 Å². The Balaban J connectivity index is 1.80. The molecule has 2 aromatic carbocycles. The fourth-order valence-electron chi connectivity index (χ4n) is 2.34. The second-order valence-electron chi connectivity index (χ2n) is 5.46. The number of thioether (sulfide) groups is 1. The van der Waals surface area contributed by atoms with E-state index in [1.54, 1.807) is 29.1 Å². The predicted molar refractivity (Wildman–Crippen MR) is 97.2 cm³/mol. The van der Waals surface area contributed by atoms with E-state index in [-0.39, 0.29) is 11.2 Å². The number of nitro groups is 1. The molecule has 0 N–H and O–H groups in total. The lowest BCUT2D eigenvalue weighted by Gasteiger charge is -2.08. The predicted octanol–water partition coefficient (Wildman–Crippen LogP) is 3.74. The fourth-order valence-corrected chi connectivity index (χ4v) is 3.19. The summed E-state index contributed by atoms with van der Waals surface area (Å²) >= 11 is 1.31. The van der Waals surface area contributed by atoms with E-state index in [4.69, 9.17) is 0 Å². The maximum absolute atomic E-state index is 12.6. The minimum Gasteiger partial charge on any atom is -0.280 e. The summed E-state index contributed by atoms with van der Waals surface area (Å²) in [6.07, 6.45) is 3.24. The van der Waals surface area contributed by atoms with Gasteiger partial charge in [-0.15, -0.1) is 0 Å². The highest BCUT2D eigenvalue weighted by molar-refractivity contribution is 7.98. The molecule has 7 heteroatoms. The molecular formula is C18H15N3O3S. The van der Waals surface area contributed by atoms with E-state index < -0.39 is 4.92 Å². The van der Waals surface area contributed by atoms with Gasteiger partial charge in [-0.3, -0.25) is 19.5 Å². The van der Waals surface area contributed by atoms with Crippen molar-refractivity contribution in [3.8, 4) is 5.69 Å². The van der Waals surface area contributed by atoms with Gasteiger partial charge < -0.3 is 0 Å². The van der Waals surface area contributed by atoms with Crippen LogP contribution in [0.3, 0.4) is 0 Å². The Bertz CT molecular complexity index is 968. The van der Waals surface area contributed by atoms with Gasteiger partial charge in [-0.2, -0.15) is 0 Å². The van der Waals surface area contributed by atoms with E-state index in [0.717, 1.165) is 16.8 Å². The largest absolute Gasteiger partial charge is 0.287 e. The molecule has 3 aromatic rings. The minimum atomic E-state index is -0.434. The van der Waals surface area contributed by atoms with Gasteiger partial charge in [0, 0.05) is 36.0 Å². The van der Waals surface area contributed by atoms with Gasteiger partial charge in [0.25, 0.3) is 11.2 Å². The van der Waals surface area contributed by atoms with Gasteiger partial charge >= 0.3 is 0 Å². The molecule has 0 radical (unpaired) electrons. The first-order valence-electron chi connectivity index (χ1n) is 7.55. The highest BCUT2D eigenvalue weighted by Gasteiger charge is 2.09. The Morgan fingerprint density at radius 1 is 1.20 bits per heavy atom. The third-order valence-electron chi connectivity index (χ3n) is 3.61. The van der Waals surface area contributed by atoms with Crippen molar-refractivity contribution in [2.24, 2.45) is 0 Å². The fraction of sp³-hybridized carbons (Fsp3) is 0.111. The van der Waals surface area contributed by atoms with Crippen molar-refractivity contribution < 1.29 is 4.92 Å². The minimum absolute atomic E-state index is 0.0494. The number of hydrogen-bond donors (Lipinski definition) is 0. The monoisotopic (exact) mass is 353 g/mol. The molecule has 3 rings (SSSR count). The van der Waals surface area contributed by atoms with Gasteiger partial charge in [0.05, 0.1) is 4.92 Å². The lowest BCUT2D eigenvalue weighted by Crippen LogP contribution is -2.20. The van der Waals surface area contributed by atoms with E-state index in [1.165, 1.54) is 23.9 Å². The number of non-ortho nitro benzene ring substituents is 1. The van der Waals surface area contributed by atoms with Crippen LogP contribution in [0.25, 0.3) is 5.69 Å². The first-order chi connectivity index (χ1) is 12.0. The highest BCUT2D eigenvalue weighted by Crippen LogP contribution is 2.20. The summed E-state index contributed by atoms with van der Waals surface area (Å²) in [5, 5.41) is 11.1. The van der Waals surface area contributed by atoms with Crippen molar-refractivity contribution in [2.75, 3.05) is 0 Å². The van der Waals surface area contributed by atoms with Crippen molar-refractivity contribution in [2.45, 2.75) is 17.7 Å². The smallest absolute Gasteiger partial charge is 0.280 e. The zero-order valence-electron chi connectivity index (χ0n) is 13.5. The topological polar surface area (TPSA) is 78.0 Å². The van der Waals surface area contributed by atoms with Crippen LogP contribution in [0.5, 0.6) is 0 Å². The molecule has 0 saturated heterocycles. The van der Waals surface area contributed by atoms with Crippen LogP contribution < -0.4 is 5.56 Å². The Morgan fingerprint density at radius 2 is 1.96 bits per heavy atom. The summed E-state index contributed by atoms with van der Waals surface area (Å²) in [6.45, 7) is 1.97. The van der Waals surface area contributed by atoms with Crippen molar-refractivity contribution in [3.05, 3.63) is 92.5 Å². The number of nitro benzene ring substituents is 1. The molecule has 0 saturated carbocycles. The quantitative estimate of drug-likeness (QED) is 0.397. The Hall–Kier alpha value is -2.93. The number of aromatic nitrogens is 2. The normalized spacial score (nSPS) is 10.6. The Morgan fingerprint density at radius 3 is 2.64 bits per heavy atom. The molecular weight excluding hydrogens is 338 g/mol. The molecule has 0 fully saturated rings. The molecule has 0 aliphatic carbocycles.